The SMILES string of the molecule is CCCSC(C)CC(C)(N)C(=O)OC. The highest BCUT2D eigenvalue weighted by atomic mass is 32.2. The van der Waals surface area contributed by atoms with Crippen LogP contribution in [0, 0.1) is 0 Å². The van der Waals surface area contributed by atoms with Gasteiger partial charge in [0, 0.05) is 5.25 Å². The van der Waals surface area contributed by atoms with Crippen molar-refractivity contribution in [2.75, 3.05) is 12.9 Å². The first-order valence-corrected chi connectivity index (χ1v) is 5.97. The second-order valence-electron chi connectivity index (χ2n) is 3.79. The molecule has 14 heavy (non-hydrogen) atoms. The fourth-order valence-electron chi connectivity index (χ4n) is 1.29. The van der Waals surface area contributed by atoms with E-state index in [1.165, 1.54) is 7.11 Å². The molecule has 0 aliphatic heterocycles. The van der Waals surface area contributed by atoms with Crippen molar-refractivity contribution in [2.24, 2.45) is 5.73 Å². The summed E-state index contributed by atoms with van der Waals surface area (Å²) in [5.41, 5.74) is 5.00. The number of ether oxygens (including phenoxy) is 1. The van der Waals surface area contributed by atoms with Gasteiger partial charge in [-0.05, 0) is 25.5 Å². The van der Waals surface area contributed by atoms with E-state index in [4.69, 9.17) is 5.73 Å². The molecule has 0 radical (unpaired) electrons. The van der Waals surface area contributed by atoms with Gasteiger partial charge in [0.1, 0.15) is 5.54 Å². The van der Waals surface area contributed by atoms with Gasteiger partial charge in [-0.2, -0.15) is 11.8 Å². The highest BCUT2D eigenvalue weighted by Gasteiger charge is 2.31. The molecule has 0 amide bonds. The van der Waals surface area contributed by atoms with Gasteiger partial charge in [-0.15, -0.1) is 0 Å². The Balaban J connectivity index is 4.01. The van der Waals surface area contributed by atoms with Crippen LogP contribution in [-0.2, 0) is 9.53 Å². The molecular formula is C10H21NO2S. The predicted octanol–water partition coefficient (Wildman–Crippen LogP) is 1.80. The van der Waals surface area contributed by atoms with Gasteiger partial charge in [0.2, 0.25) is 0 Å². The lowest BCUT2D eigenvalue weighted by molar-refractivity contribution is -0.146. The lowest BCUT2D eigenvalue weighted by Crippen LogP contribution is -2.47. The molecule has 0 aromatic rings. The Bertz CT molecular complexity index is 183. The summed E-state index contributed by atoms with van der Waals surface area (Å²) < 4.78 is 4.65. The first-order valence-electron chi connectivity index (χ1n) is 4.93. The zero-order valence-corrected chi connectivity index (χ0v) is 10.3. The largest absolute Gasteiger partial charge is 0.468 e. The molecule has 0 spiro atoms. The molecular weight excluding hydrogens is 198 g/mol. The van der Waals surface area contributed by atoms with Gasteiger partial charge in [0.05, 0.1) is 7.11 Å². The monoisotopic (exact) mass is 219 g/mol. The molecule has 2 atom stereocenters. The molecule has 0 fully saturated rings. The van der Waals surface area contributed by atoms with Crippen LogP contribution in [0.2, 0.25) is 0 Å². The Morgan fingerprint density at radius 2 is 2.21 bits per heavy atom. The van der Waals surface area contributed by atoms with E-state index in [9.17, 15) is 4.79 Å². The van der Waals surface area contributed by atoms with Crippen LogP contribution in [0.5, 0.6) is 0 Å². The second-order valence-corrected chi connectivity index (χ2v) is 5.34. The van der Waals surface area contributed by atoms with Gasteiger partial charge in [0.25, 0.3) is 0 Å². The minimum absolute atomic E-state index is 0.332. The number of esters is 1. The standard InChI is InChI=1S/C10H21NO2S/c1-5-6-14-8(2)7-10(3,11)9(12)13-4/h8H,5-7,11H2,1-4H3. The summed E-state index contributed by atoms with van der Waals surface area (Å²) in [7, 11) is 1.37. The van der Waals surface area contributed by atoms with Gasteiger partial charge in [-0.3, -0.25) is 4.79 Å². The Morgan fingerprint density at radius 1 is 1.64 bits per heavy atom. The average Bonchev–Trinajstić information content (AvgIpc) is 2.12. The van der Waals surface area contributed by atoms with Crippen molar-refractivity contribution in [3.05, 3.63) is 0 Å². The smallest absolute Gasteiger partial charge is 0.325 e. The molecule has 3 nitrogen and oxygen atoms in total. The third-order valence-corrected chi connectivity index (χ3v) is 3.35. The molecule has 2 N–H and O–H groups in total. The quantitative estimate of drug-likeness (QED) is 0.692. The lowest BCUT2D eigenvalue weighted by atomic mass is 9.98. The molecule has 84 valence electrons. The molecule has 0 saturated carbocycles. The first-order chi connectivity index (χ1) is 6.44. The summed E-state index contributed by atoms with van der Waals surface area (Å²) in [6.07, 6.45) is 1.80. The second kappa shape index (κ2) is 6.30. The normalized spacial score (nSPS) is 17.2. The number of carbonyl (C=O) groups excluding carboxylic acids is 1. The lowest BCUT2D eigenvalue weighted by Gasteiger charge is -2.24. The zero-order chi connectivity index (χ0) is 11.2. The van der Waals surface area contributed by atoms with E-state index in [1.807, 2.05) is 11.8 Å². The maximum absolute atomic E-state index is 11.3. The van der Waals surface area contributed by atoms with Crippen LogP contribution in [0.25, 0.3) is 0 Å². The molecule has 0 rings (SSSR count). The van der Waals surface area contributed by atoms with E-state index >= 15 is 0 Å². The number of hydrogen-bond donors (Lipinski definition) is 1. The minimum Gasteiger partial charge on any atom is -0.468 e. The van der Waals surface area contributed by atoms with Crippen molar-refractivity contribution in [2.45, 2.75) is 44.4 Å². The Kier molecular flexibility index (Phi) is 6.20. The van der Waals surface area contributed by atoms with Crippen molar-refractivity contribution in [1.82, 2.24) is 0 Å². The van der Waals surface area contributed by atoms with Crippen LogP contribution in [0.1, 0.15) is 33.6 Å². The van der Waals surface area contributed by atoms with Gasteiger partial charge >= 0.3 is 5.97 Å². The van der Waals surface area contributed by atoms with E-state index < -0.39 is 5.54 Å². The van der Waals surface area contributed by atoms with Gasteiger partial charge < -0.3 is 10.5 Å². The van der Waals surface area contributed by atoms with Crippen LogP contribution < -0.4 is 5.73 Å². The van der Waals surface area contributed by atoms with Gasteiger partial charge in [-0.25, -0.2) is 0 Å². The Morgan fingerprint density at radius 3 is 2.64 bits per heavy atom. The number of nitrogens with two attached hydrogens (primary N) is 1. The summed E-state index contributed by atoms with van der Waals surface area (Å²) in [5, 5.41) is 0.393. The van der Waals surface area contributed by atoms with E-state index in [0.29, 0.717) is 11.7 Å². The molecule has 0 aromatic heterocycles. The molecule has 0 bridgehead atoms. The summed E-state index contributed by atoms with van der Waals surface area (Å²) in [4.78, 5) is 11.3. The van der Waals surface area contributed by atoms with E-state index in [1.54, 1.807) is 6.92 Å². The van der Waals surface area contributed by atoms with Crippen molar-refractivity contribution in [1.29, 1.82) is 0 Å². The topological polar surface area (TPSA) is 52.3 Å². The van der Waals surface area contributed by atoms with Crippen LogP contribution >= 0.6 is 11.8 Å². The summed E-state index contributed by atoms with van der Waals surface area (Å²) in [6.45, 7) is 5.96. The average molecular weight is 219 g/mol. The fraction of sp³-hybridized carbons (Fsp3) is 0.900. The van der Waals surface area contributed by atoms with E-state index in [0.717, 1.165) is 12.2 Å². The van der Waals surface area contributed by atoms with Crippen LogP contribution in [-0.4, -0.2) is 29.6 Å². The van der Waals surface area contributed by atoms with Crippen LogP contribution in [0.3, 0.4) is 0 Å². The highest BCUT2D eigenvalue weighted by Crippen LogP contribution is 2.21. The third kappa shape index (κ3) is 4.86. The van der Waals surface area contributed by atoms with Crippen LogP contribution in [0.15, 0.2) is 0 Å². The fourth-order valence-corrected chi connectivity index (χ4v) is 2.39. The number of methoxy groups -OCH3 is 1. The molecule has 0 aliphatic carbocycles. The van der Waals surface area contributed by atoms with Gasteiger partial charge in [0.15, 0.2) is 0 Å². The molecule has 0 aliphatic rings. The number of thioether (sulfide) groups is 1. The molecule has 0 aromatic carbocycles. The first kappa shape index (κ1) is 13.8. The van der Waals surface area contributed by atoms with Crippen molar-refractivity contribution in [3.8, 4) is 0 Å². The van der Waals surface area contributed by atoms with Crippen molar-refractivity contribution < 1.29 is 9.53 Å². The van der Waals surface area contributed by atoms with Crippen molar-refractivity contribution in [3.63, 3.8) is 0 Å². The Labute approximate surface area is 90.8 Å². The van der Waals surface area contributed by atoms with E-state index in [-0.39, 0.29) is 5.97 Å². The molecule has 2 unspecified atom stereocenters. The number of carbonyl (C=O) groups is 1. The zero-order valence-electron chi connectivity index (χ0n) is 9.50. The van der Waals surface area contributed by atoms with E-state index in [2.05, 4.69) is 18.6 Å². The summed E-state index contributed by atoms with van der Waals surface area (Å²) in [5.74, 6) is 0.778. The Hall–Kier alpha value is -0.220. The molecule has 0 heterocycles. The molecule has 4 heteroatoms. The third-order valence-electron chi connectivity index (χ3n) is 1.97. The summed E-state index contributed by atoms with van der Waals surface area (Å²) >= 11 is 1.84. The minimum atomic E-state index is -0.852. The molecule has 0 saturated heterocycles. The van der Waals surface area contributed by atoms with Crippen LogP contribution in [0.4, 0.5) is 0 Å². The van der Waals surface area contributed by atoms with Crippen molar-refractivity contribution >= 4 is 17.7 Å². The highest BCUT2D eigenvalue weighted by molar-refractivity contribution is 7.99. The number of rotatable bonds is 6. The summed E-state index contributed by atoms with van der Waals surface area (Å²) in [6, 6.07) is 0. The maximum Gasteiger partial charge on any atom is 0.325 e. The predicted molar refractivity (Wildman–Crippen MR) is 61.4 cm³/mol. The van der Waals surface area contributed by atoms with Gasteiger partial charge in [-0.1, -0.05) is 13.8 Å². The number of hydrogen-bond acceptors (Lipinski definition) is 4. The maximum atomic E-state index is 11.3.